The van der Waals surface area contributed by atoms with Gasteiger partial charge in [-0.1, -0.05) is 87.1 Å². The maximum atomic E-state index is 6.34. The molecule has 6 nitrogen and oxygen atoms in total. The van der Waals surface area contributed by atoms with E-state index in [9.17, 15) is 0 Å². The lowest BCUT2D eigenvalue weighted by atomic mass is 10.0. The van der Waals surface area contributed by atoms with E-state index < -0.39 is 0 Å². The maximum Gasteiger partial charge on any atom is 0.331 e. The molecule has 1 aromatic heterocycles. The topological polar surface area (TPSA) is 66.4 Å². The van der Waals surface area contributed by atoms with Crippen LogP contribution in [0.15, 0.2) is 84.5 Å². The Morgan fingerprint density at radius 2 is 0.956 bits per heavy atom. The van der Waals surface area contributed by atoms with Crippen molar-refractivity contribution in [1.29, 1.82) is 0 Å². The van der Waals surface area contributed by atoms with E-state index in [0.717, 1.165) is 52.7 Å². The third-order valence-corrected chi connectivity index (χ3v) is 7.15. The van der Waals surface area contributed by atoms with E-state index in [2.05, 4.69) is 87.0 Å². The average Bonchev–Trinajstić information content (AvgIpc) is 2.99. The van der Waals surface area contributed by atoms with Gasteiger partial charge >= 0.3 is 18.0 Å². The van der Waals surface area contributed by atoms with Gasteiger partial charge in [-0.25, -0.2) is 0 Å². The summed E-state index contributed by atoms with van der Waals surface area (Å²) in [6.45, 7) is 22.7. The number of rotatable bonds is 14. The Bertz CT molecular complexity index is 1630. The van der Waals surface area contributed by atoms with Gasteiger partial charge in [0.05, 0.1) is 0 Å². The highest BCUT2D eigenvalue weighted by Gasteiger charge is 2.17. The molecule has 234 valence electrons. The van der Waals surface area contributed by atoms with Crippen molar-refractivity contribution in [3.8, 4) is 35.3 Å². The van der Waals surface area contributed by atoms with E-state index in [4.69, 9.17) is 14.2 Å². The Labute approximate surface area is 268 Å². The monoisotopic (exact) mass is 603 g/mol. The number of hydrogen-bond donors (Lipinski definition) is 0. The molecule has 0 aliphatic rings. The van der Waals surface area contributed by atoms with Crippen molar-refractivity contribution in [2.75, 3.05) is 0 Å². The zero-order valence-electron chi connectivity index (χ0n) is 27.8. The van der Waals surface area contributed by atoms with Gasteiger partial charge in [0.15, 0.2) is 0 Å². The molecule has 45 heavy (non-hydrogen) atoms. The van der Waals surface area contributed by atoms with Gasteiger partial charge in [0, 0.05) is 5.56 Å². The molecule has 0 unspecified atom stereocenters. The third kappa shape index (κ3) is 9.39. The normalized spacial score (nSPS) is 10.7. The molecule has 3 aromatic carbocycles. The molecule has 1 heterocycles. The largest absolute Gasteiger partial charge is 0.424 e. The van der Waals surface area contributed by atoms with E-state index in [0.29, 0.717) is 30.1 Å². The average molecular weight is 604 g/mol. The van der Waals surface area contributed by atoms with Crippen molar-refractivity contribution in [1.82, 2.24) is 15.0 Å². The fourth-order valence-electron chi connectivity index (χ4n) is 4.92. The molecule has 0 aliphatic heterocycles. The Morgan fingerprint density at radius 1 is 0.578 bits per heavy atom. The summed E-state index contributed by atoms with van der Waals surface area (Å²) in [5, 5.41) is 0. The van der Waals surface area contributed by atoms with E-state index in [1.807, 2.05) is 50.2 Å². The van der Waals surface area contributed by atoms with Crippen LogP contribution in [0.2, 0.25) is 0 Å². The number of nitrogens with zero attached hydrogens (tertiary/aromatic N) is 3. The van der Waals surface area contributed by atoms with Crippen molar-refractivity contribution < 1.29 is 14.2 Å². The molecule has 0 saturated heterocycles. The van der Waals surface area contributed by atoms with Crippen LogP contribution in [0.25, 0.3) is 6.08 Å². The van der Waals surface area contributed by atoms with Crippen LogP contribution in [0.1, 0.15) is 81.8 Å². The summed E-state index contributed by atoms with van der Waals surface area (Å²) in [7, 11) is 0. The highest BCUT2D eigenvalue weighted by molar-refractivity contribution is 5.60. The molecule has 4 rings (SSSR count). The van der Waals surface area contributed by atoms with Crippen molar-refractivity contribution >= 4 is 6.08 Å². The van der Waals surface area contributed by atoms with Gasteiger partial charge in [0.25, 0.3) is 0 Å². The van der Waals surface area contributed by atoms with Gasteiger partial charge in [-0.05, 0) is 112 Å². The maximum absolute atomic E-state index is 6.34. The van der Waals surface area contributed by atoms with E-state index >= 15 is 0 Å². The summed E-state index contributed by atoms with van der Waals surface area (Å²) in [6, 6.07) is 18.6. The lowest BCUT2D eigenvalue weighted by Crippen LogP contribution is -2.04. The van der Waals surface area contributed by atoms with Crippen molar-refractivity contribution in [3.05, 3.63) is 118 Å². The second-order valence-corrected chi connectivity index (χ2v) is 11.8. The molecule has 0 radical (unpaired) electrons. The molecular weight excluding hydrogens is 558 g/mol. The smallest absolute Gasteiger partial charge is 0.331 e. The quantitative estimate of drug-likeness (QED) is 0.134. The summed E-state index contributed by atoms with van der Waals surface area (Å²) in [6.07, 6.45) is 6.18. The molecule has 0 aliphatic carbocycles. The zero-order valence-corrected chi connectivity index (χ0v) is 27.8. The summed E-state index contributed by atoms with van der Waals surface area (Å²) in [4.78, 5) is 13.8. The fraction of sp³-hybridized carbons (Fsp3) is 0.308. The molecule has 0 spiro atoms. The predicted octanol–water partition coefficient (Wildman–Crippen LogP) is 10.6. The number of aromatic nitrogens is 3. The van der Waals surface area contributed by atoms with Gasteiger partial charge in [0.2, 0.25) is 0 Å². The standard InChI is InChI=1S/C39H45N3O3/c1-10-28-13-16-34(31(22-28)19-25(4)5)43-37-40-38(44-35-17-14-29(11-2)23-32(35)20-26(6)7)42-39(41-37)45-36-18-15-30(12-3)24-33(36)21-27(8)9/h13-18,21-24H,4,6,10-12,19-20H2,1-3,5,7-9H3. The SMILES string of the molecule is C=C(C)Cc1cc(CC)ccc1Oc1nc(Oc2ccc(CC)cc2C=C(C)C)nc(Oc2ccc(CC)cc2CC(=C)C)n1. The van der Waals surface area contributed by atoms with Crippen molar-refractivity contribution in [2.45, 2.75) is 80.6 Å². The van der Waals surface area contributed by atoms with Crippen LogP contribution >= 0.6 is 0 Å². The molecule has 0 amide bonds. The first-order valence-electron chi connectivity index (χ1n) is 15.7. The van der Waals surface area contributed by atoms with Gasteiger partial charge in [-0.3, -0.25) is 0 Å². The first-order chi connectivity index (χ1) is 21.6. The van der Waals surface area contributed by atoms with Crippen LogP contribution in [0.4, 0.5) is 0 Å². The zero-order chi connectivity index (χ0) is 32.5. The first kappa shape index (κ1) is 33.2. The highest BCUT2D eigenvalue weighted by Crippen LogP contribution is 2.33. The van der Waals surface area contributed by atoms with Gasteiger partial charge in [-0.2, -0.15) is 0 Å². The van der Waals surface area contributed by atoms with Gasteiger partial charge in [0.1, 0.15) is 17.2 Å². The molecule has 4 aromatic rings. The minimum absolute atomic E-state index is 0.0703. The van der Waals surface area contributed by atoms with Gasteiger partial charge in [-0.15, -0.1) is 15.0 Å². The number of allylic oxidation sites excluding steroid dienone is 3. The number of benzene rings is 3. The first-order valence-corrected chi connectivity index (χ1v) is 15.7. The fourth-order valence-corrected chi connectivity index (χ4v) is 4.92. The second kappa shape index (κ2) is 15.3. The lowest BCUT2D eigenvalue weighted by molar-refractivity contribution is 0.359. The van der Waals surface area contributed by atoms with Crippen LogP contribution < -0.4 is 14.2 Å². The number of ether oxygens (including phenoxy) is 3. The van der Waals surface area contributed by atoms with Crippen LogP contribution in [-0.4, -0.2) is 15.0 Å². The number of hydrogen-bond acceptors (Lipinski definition) is 6. The Hall–Kier alpha value is -4.71. The van der Waals surface area contributed by atoms with Crippen LogP contribution in [0.5, 0.6) is 35.3 Å². The van der Waals surface area contributed by atoms with Crippen molar-refractivity contribution in [2.24, 2.45) is 0 Å². The highest BCUT2D eigenvalue weighted by atomic mass is 16.5. The molecule has 0 atom stereocenters. The summed E-state index contributed by atoms with van der Waals surface area (Å²) in [5.74, 6) is 1.92. The summed E-state index contributed by atoms with van der Waals surface area (Å²) in [5.41, 5.74) is 9.80. The molecule has 0 saturated carbocycles. The van der Waals surface area contributed by atoms with Gasteiger partial charge < -0.3 is 14.2 Å². The second-order valence-electron chi connectivity index (χ2n) is 11.8. The number of aryl methyl sites for hydroxylation is 3. The van der Waals surface area contributed by atoms with Crippen LogP contribution in [0, 0.1) is 0 Å². The molecular formula is C39H45N3O3. The summed E-state index contributed by atoms with van der Waals surface area (Å²) >= 11 is 0. The van der Waals surface area contributed by atoms with Crippen LogP contribution in [-0.2, 0) is 32.1 Å². The van der Waals surface area contributed by atoms with Crippen molar-refractivity contribution in [3.63, 3.8) is 0 Å². The Balaban J connectivity index is 1.80. The van der Waals surface area contributed by atoms with Crippen LogP contribution in [0.3, 0.4) is 0 Å². The Kier molecular flexibility index (Phi) is 11.3. The van der Waals surface area contributed by atoms with E-state index in [1.165, 1.54) is 16.7 Å². The molecule has 0 bridgehead atoms. The minimum Gasteiger partial charge on any atom is -0.424 e. The molecule has 0 fully saturated rings. The van der Waals surface area contributed by atoms with E-state index in [1.54, 1.807) is 0 Å². The van der Waals surface area contributed by atoms with E-state index in [-0.39, 0.29) is 18.0 Å². The summed E-state index contributed by atoms with van der Waals surface area (Å²) < 4.78 is 19.0. The molecule has 6 heteroatoms. The third-order valence-electron chi connectivity index (χ3n) is 7.15. The lowest BCUT2D eigenvalue weighted by Gasteiger charge is -2.15. The minimum atomic E-state index is 0.0703. The predicted molar refractivity (Wildman–Crippen MR) is 184 cm³/mol. The Morgan fingerprint density at radius 3 is 1.33 bits per heavy atom. The molecule has 0 N–H and O–H groups in total.